The maximum atomic E-state index is 12.5. The topological polar surface area (TPSA) is 44.7 Å². The lowest BCUT2D eigenvalue weighted by molar-refractivity contribution is -0.117. The van der Waals surface area contributed by atoms with Crippen LogP contribution in [0, 0.1) is 0 Å². The van der Waals surface area contributed by atoms with E-state index in [1.807, 2.05) is 13.0 Å². The van der Waals surface area contributed by atoms with Crippen LogP contribution in [0.25, 0.3) is 0 Å². The van der Waals surface area contributed by atoms with Crippen LogP contribution in [0.3, 0.4) is 0 Å². The molecule has 1 aliphatic heterocycles. The fraction of sp³-hybridized carbons (Fsp3) is 0.524. The molecule has 0 spiro atoms. The van der Waals surface area contributed by atoms with Crippen molar-refractivity contribution in [3.8, 4) is 0 Å². The molecule has 0 fully saturated rings. The Morgan fingerprint density at radius 2 is 1.92 bits per heavy atom. The highest BCUT2D eigenvalue weighted by atomic mass is 16.1. The van der Waals surface area contributed by atoms with E-state index in [9.17, 15) is 4.79 Å². The van der Waals surface area contributed by atoms with Crippen molar-refractivity contribution in [1.29, 1.82) is 0 Å². The predicted octanol–water partition coefficient (Wildman–Crippen LogP) is 3.73. The SMILES string of the molecule is CCN(CC)CCNC(=O)C1=C(C)N=C(c2ccccc2C(C)C)C1. The number of carbonyl (C=O) groups excluding carboxylic acids is 1. The maximum Gasteiger partial charge on any atom is 0.249 e. The number of allylic oxidation sites excluding steroid dienone is 1. The molecule has 0 aliphatic carbocycles. The first-order valence-corrected chi connectivity index (χ1v) is 9.35. The van der Waals surface area contributed by atoms with E-state index in [0.29, 0.717) is 18.9 Å². The third-order valence-electron chi connectivity index (χ3n) is 4.86. The summed E-state index contributed by atoms with van der Waals surface area (Å²) in [5.41, 5.74) is 5.11. The normalized spacial score (nSPS) is 14.4. The smallest absolute Gasteiger partial charge is 0.249 e. The number of benzene rings is 1. The summed E-state index contributed by atoms with van der Waals surface area (Å²) in [5, 5.41) is 3.05. The van der Waals surface area contributed by atoms with Crippen LogP contribution in [0.2, 0.25) is 0 Å². The van der Waals surface area contributed by atoms with Gasteiger partial charge in [-0.25, -0.2) is 0 Å². The zero-order valence-corrected chi connectivity index (χ0v) is 16.2. The number of carbonyl (C=O) groups is 1. The number of nitrogens with zero attached hydrogens (tertiary/aromatic N) is 2. The van der Waals surface area contributed by atoms with Gasteiger partial charge in [0.25, 0.3) is 0 Å². The Morgan fingerprint density at radius 1 is 1.24 bits per heavy atom. The molecule has 0 unspecified atom stereocenters. The Kier molecular flexibility index (Phi) is 6.94. The fourth-order valence-corrected chi connectivity index (χ4v) is 3.24. The van der Waals surface area contributed by atoms with Gasteiger partial charge in [-0.05, 0) is 37.1 Å². The van der Waals surface area contributed by atoms with Crippen LogP contribution >= 0.6 is 0 Å². The lowest BCUT2D eigenvalue weighted by Crippen LogP contribution is -2.35. The number of hydrogen-bond donors (Lipinski definition) is 1. The minimum Gasteiger partial charge on any atom is -0.351 e. The lowest BCUT2D eigenvalue weighted by atomic mass is 9.92. The summed E-state index contributed by atoms with van der Waals surface area (Å²) in [6, 6.07) is 8.37. The molecule has 4 heteroatoms. The number of amides is 1. The van der Waals surface area contributed by atoms with Crippen LogP contribution < -0.4 is 5.32 Å². The standard InChI is InChI=1S/C21H31N3O/c1-6-24(7-2)13-12-22-21(25)19-14-20(23-16(19)5)18-11-9-8-10-17(18)15(3)4/h8-11,15H,6-7,12-14H2,1-5H3,(H,22,25). The average molecular weight is 341 g/mol. The first-order chi connectivity index (χ1) is 12.0. The van der Waals surface area contributed by atoms with Crippen molar-refractivity contribution in [2.24, 2.45) is 4.99 Å². The van der Waals surface area contributed by atoms with Crippen LogP contribution in [0.5, 0.6) is 0 Å². The Hall–Kier alpha value is -1.94. The molecule has 0 saturated heterocycles. The average Bonchev–Trinajstić information content (AvgIpc) is 3.00. The highest BCUT2D eigenvalue weighted by Crippen LogP contribution is 2.28. The van der Waals surface area contributed by atoms with E-state index in [4.69, 9.17) is 4.99 Å². The van der Waals surface area contributed by atoms with E-state index in [0.717, 1.165) is 36.6 Å². The zero-order chi connectivity index (χ0) is 18.4. The molecule has 1 N–H and O–H groups in total. The molecule has 0 bridgehead atoms. The van der Waals surface area contributed by atoms with E-state index in [1.165, 1.54) is 11.1 Å². The van der Waals surface area contributed by atoms with Gasteiger partial charge in [0, 0.05) is 30.8 Å². The van der Waals surface area contributed by atoms with Gasteiger partial charge >= 0.3 is 0 Å². The molecular weight excluding hydrogens is 310 g/mol. The number of nitrogens with one attached hydrogen (secondary N) is 1. The Bertz CT molecular complexity index is 669. The van der Waals surface area contributed by atoms with Crippen LogP contribution in [-0.4, -0.2) is 42.7 Å². The van der Waals surface area contributed by atoms with Crippen molar-refractivity contribution in [2.75, 3.05) is 26.2 Å². The second-order valence-corrected chi connectivity index (χ2v) is 6.82. The molecule has 2 rings (SSSR count). The highest BCUT2D eigenvalue weighted by molar-refractivity contribution is 6.11. The molecule has 136 valence electrons. The van der Waals surface area contributed by atoms with Gasteiger partial charge < -0.3 is 10.2 Å². The van der Waals surface area contributed by atoms with E-state index < -0.39 is 0 Å². The van der Waals surface area contributed by atoms with Gasteiger partial charge in [-0.2, -0.15) is 0 Å². The Balaban J connectivity index is 2.01. The minimum atomic E-state index is 0.0189. The van der Waals surface area contributed by atoms with E-state index >= 15 is 0 Å². The summed E-state index contributed by atoms with van der Waals surface area (Å²) in [6.45, 7) is 14.2. The van der Waals surface area contributed by atoms with Crippen molar-refractivity contribution in [2.45, 2.75) is 47.0 Å². The van der Waals surface area contributed by atoms with Crippen LogP contribution in [-0.2, 0) is 4.79 Å². The van der Waals surface area contributed by atoms with E-state index in [-0.39, 0.29) is 5.91 Å². The predicted molar refractivity (Wildman–Crippen MR) is 105 cm³/mol. The molecular formula is C21H31N3O. The van der Waals surface area contributed by atoms with Crippen molar-refractivity contribution in [1.82, 2.24) is 10.2 Å². The molecule has 1 aromatic carbocycles. The van der Waals surface area contributed by atoms with Crippen molar-refractivity contribution >= 4 is 11.6 Å². The molecule has 0 saturated carbocycles. The summed E-state index contributed by atoms with van der Waals surface area (Å²) < 4.78 is 0. The summed E-state index contributed by atoms with van der Waals surface area (Å²) in [7, 11) is 0. The Morgan fingerprint density at radius 3 is 2.56 bits per heavy atom. The summed E-state index contributed by atoms with van der Waals surface area (Å²) >= 11 is 0. The zero-order valence-electron chi connectivity index (χ0n) is 16.2. The largest absolute Gasteiger partial charge is 0.351 e. The minimum absolute atomic E-state index is 0.0189. The van der Waals surface area contributed by atoms with Gasteiger partial charge in [0.05, 0.1) is 5.71 Å². The second-order valence-electron chi connectivity index (χ2n) is 6.82. The van der Waals surface area contributed by atoms with Crippen molar-refractivity contribution < 1.29 is 4.79 Å². The van der Waals surface area contributed by atoms with Crippen molar-refractivity contribution in [3.05, 3.63) is 46.7 Å². The van der Waals surface area contributed by atoms with Gasteiger partial charge in [-0.3, -0.25) is 9.79 Å². The summed E-state index contributed by atoms with van der Waals surface area (Å²) in [6.07, 6.45) is 0.618. The molecule has 25 heavy (non-hydrogen) atoms. The first-order valence-electron chi connectivity index (χ1n) is 9.35. The van der Waals surface area contributed by atoms with Crippen LogP contribution in [0.15, 0.2) is 40.5 Å². The third kappa shape index (κ3) is 4.79. The quantitative estimate of drug-likeness (QED) is 0.783. The summed E-state index contributed by atoms with van der Waals surface area (Å²) in [5.74, 6) is 0.455. The second kappa shape index (κ2) is 8.95. The van der Waals surface area contributed by atoms with Crippen molar-refractivity contribution in [3.63, 3.8) is 0 Å². The lowest BCUT2D eigenvalue weighted by Gasteiger charge is -2.18. The molecule has 1 aromatic rings. The third-order valence-corrected chi connectivity index (χ3v) is 4.86. The molecule has 1 amide bonds. The van der Waals surface area contributed by atoms with Crippen LogP contribution in [0.1, 0.15) is 58.1 Å². The number of aliphatic imine (C=N–C) groups is 1. The number of likely N-dealkylation sites (N-methyl/N-ethyl adjacent to an activating group) is 1. The molecule has 1 heterocycles. The highest BCUT2D eigenvalue weighted by Gasteiger charge is 2.23. The van der Waals surface area contributed by atoms with E-state index in [1.54, 1.807) is 0 Å². The fourth-order valence-electron chi connectivity index (χ4n) is 3.24. The Labute approximate surface area is 152 Å². The molecule has 0 atom stereocenters. The number of rotatable bonds is 8. The summed E-state index contributed by atoms with van der Waals surface area (Å²) in [4.78, 5) is 19.6. The van der Waals surface area contributed by atoms with Gasteiger partial charge in [0.15, 0.2) is 0 Å². The van der Waals surface area contributed by atoms with Gasteiger partial charge in [0.2, 0.25) is 5.91 Å². The molecule has 1 aliphatic rings. The maximum absolute atomic E-state index is 12.5. The molecule has 0 radical (unpaired) electrons. The molecule has 0 aromatic heterocycles. The van der Waals surface area contributed by atoms with Gasteiger partial charge in [0.1, 0.15) is 0 Å². The van der Waals surface area contributed by atoms with Gasteiger partial charge in [-0.1, -0.05) is 52.0 Å². The van der Waals surface area contributed by atoms with E-state index in [2.05, 4.69) is 56.1 Å². The van der Waals surface area contributed by atoms with Gasteiger partial charge in [-0.15, -0.1) is 0 Å². The van der Waals surface area contributed by atoms with Crippen LogP contribution in [0.4, 0.5) is 0 Å². The monoisotopic (exact) mass is 341 g/mol. The molecule has 4 nitrogen and oxygen atoms in total. The number of hydrogen-bond acceptors (Lipinski definition) is 3. The first kappa shape index (κ1) is 19.4.